The first-order chi connectivity index (χ1) is 10.6. The van der Waals surface area contributed by atoms with Gasteiger partial charge in [0.05, 0.1) is 26.4 Å². The molecule has 0 heterocycles. The molecule has 0 saturated heterocycles. The SMILES string of the molecule is COc1cc([C@@H](N)[C@@H](O)Cc2ccccc2)cc(OC)c1Br. The van der Waals surface area contributed by atoms with Gasteiger partial charge in [0.1, 0.15) is 16.0 Å². The lowest BCUT2D eigenvalue weighted by molar-refractivity contribution is 0.145. The normalized spacial score (nSPS) is 13.5. The smallest absolute Gasteiger partial charge is 0.137 e. The van der Waals surface area contributed by atoms with Crippen LogP contribution in [0.3, 0.4) is 0 Å². The first-order valence-electron chi connectivity index (χ1n) is 6.95. The van der Waals surface area contributed by atoms with E-state index in [-0.39, 0.29) is 0 Å². The lowest BCUT2D eigenvalue weighted by atomic mass is 9.96. The fourth-order valence-electron chi connectivity index (χ4n) is 2.29. The van der Waals surface area contributed by atoms with E-state index in [9.17, 15) is 5.11 Å². The van der Waals surface area contributed by atoms with Crippen LogP contribution in [-0.4, -0.2) is 25.4 Å². The Kier molecular flexibility index (Phi) is 5.83. The summed E-state index contributed by atoms with van der Waals surface area (Å²) in [5.41, 5.74) is 8.01. The number of aliphatic hydroxyl groups excluding tert-OH is 1. The van der Waals surface area contributed by atoms with Crippen molar-refractivity contribution in [2.24, 2.45) is 5.73 Å². The average molecular weight is 366 g/mol. The molecule has 0 radical (unpaired) electrons. The number of ether oxygens (including phenoxy) is 2. The van der Waals surface area contributed by atoms with E-state index in [1.54, 1.807) is 14.2 Å². The Balaban J connectivity index is 2.23. The number of halogens is 1. The van der Waals surface area contributed by atoms with Crippen molar-refractivity contribution in [2.75, 3.05) is 14.2 Å². The zero-order valence-electron chi connectivity index (χ0n) is 12.6. The van der Waals surface area contributed by atoms with Crippen LogP contribution in [0.4, 0.5) is 0 Å². The minimum atomic E-state index is -0.696. The Bertz CT molecular complexity index is 594. The van der Waals surface area contributed by atoms with Crippen LogP contribution in [0, 0.1) is 0 Å². The van der Waals surface area contributed by atoms with Crippen LogP contribution in [-0.2, 0) is 6.42 Å². The number of benzene rings is 2. The van der Waals surface area contributed by atoms with Gasteiger partial charge in [-0.15, -0.1) is 0 Å². The molecule has 0 spiro atoms. The van der Waals surface area contributed by atoms with Gasteiger partial charge in [-0.05, 0) is 39.2 Å². The summed E-state index contributed by atoms with van der Waals surface area (Å²) < 4.78 is 11.4. The van der Waals surface area contributed by atoms with Gasteiger partial charge in [-0.3, -0.25) is 0 Å². The summed E-state index contributed by atoms with van der Waals surface area (Å²) in [5.74, 6) is 1.24. The molecule has 0 fully saturated rings. The molecule has 118 valence electrons. The monoisotopic (exact) mass is 365 g/mol. The van der Waals surface area contributed by atoms with Crippen LogP contribution in [0.25, 0.3) is 0 Å². The van der Waals surface area contributed by atoms with Crippen molar-refractivity contribution < 1.29 is 14.6 Å². The molecule has 0 amide bonds. The van der Waals surface area contributed by atoms with Gasteiger partial charge < -0.3 is 20.3 Å². The van der Waals surface area contributed by atoms with Crippen LogP contribution >= 0.6 is 15.9 Å². The maximum Gasteiger partial charge on any atom is 0.137 e. The van der Waals surface area contributed by atoms with Gasteiger partial charge in [-0.25, -0.2) is 0 Å². The largest absolute Gasteiger partial charge is 0.495 e. The third-order valence-electron chi connectivity index (χ3n) is 3.56. The van der Waals surface area contributed by atoms with Gasteiger partial charge in [-0.1, -0.05) is 30.3 Å². The van der Waals surface area contributed by atoms with E-state index < -0.39 is 12.1 Å². The average Bonchev–Trinajstić information content (AvgIpc) is 2.55. The number of aliphatic hydroxyl groups is 1. The van der Waals surface area contributed by atoms with Crippen LogP contribution in [0.1, 0.15) is 17.2 Å². The predicted molar refractivity (Wildman–Crippen MR) is 90.3 cm³/mol. The van der Waals surface area contributed by atoms with E-state index in [1.165, 1.54) is 0 Å². The number of hydrogen-bond donors (Lipinski definition) is 2. The molecule has 0 aliphatic rings. The molecule has 0 unspecified atom stereocenters. The second-order valence-electron chi connectivity index (χ2n) is 5.02. The molecule has 2 rings (SSSR count). The summed E-state index contributed by atoms with van der Waals surface area (Å²) in [4.78, 5) is 0. The van der Waals surface area contributed by atoms with Crippen LogP contribution in [0.2, 0.25) is 0 Å². The van der Waals surface area contributed by atoms with Gasteiger partial charge in [0.15, 0.2) is 0 Å². The van der Waals surface area contributed by atoms with Crippen molar-refractivity contribution in [1.82, 2.24) is 0 Å². The Morgan fingerprint density at radius 2 is 1.64 bits per heavy atom. The number of rotatable bonds is 6. The van der Waals surface area contributed by atoms with Crippen LogP contribution in [0.15, 0.2) is 46.9 Å². The molecule has 0 aromatic heterocycles. The summed E-state index contributed by atoms with van der Waals surface area (Å²) in [6, 6.07) is 12.9. The lowest BCUT2D eigenvalue weighted by Crippen LogP contribution is -2.28. The van der Waals surface area contributed by atoms with Crippen molar-refractivity contribution in [1.29, 1.82) is 0 Å². The molecule has 3 N–H and O–H groups in total. The van der Waals surface area contributed by atoms with E-state index in [1.807, 2.05) is 42.5 Å². The first-order valence-corrected chi connectivity index (χ1v) is 7.75. The third kappa shape index (κ3) is 3.80. The maximum absolute atomic E-state index is 10.4. The van der Waals surface area contributed by atoms with Gasteiger partial charge in [0.2, 0.25) is 0 Å². The fourth-order valence-corrected chi connectivity index (χ4v) is 2.84. The van der Waals surface area contributed by atoms with Crippen molar-refractivity contribution >= 4 is 15.9 Å². The van der Waals surface area contributed by atoms with E-state index in [0.717, 1.165) is 15.6 Å². The summed E-state index contributed by atoms with van der Waals surface area (Å²) in [7, 11) is 3.16. The van der Waals surface area contributed by atoms with Crippen molar-refractivity contribution in [2.45, 2.75) is 18.6 Å². The molecule has 2 aromatic carbocycles. The number of hydrogen-bond acceptors (Lipinski definition) is 4. The quantitative estimate of drug-likeness (QED) is 0.825. The van der Waals surface area contributed by atoms with E-state index in [4.69, 9.17) is 15.2 Å². The highest BCUT2D eigenvalue weighted by Gasteiger charge is 2.20. The lowest BCUT2D eigenvalue weighted by Gasteiger charge is -2.21. The predicted octanol–water partition coefficient (Wildman–Crippen LogP) is 3.07. The number of methoxy groups -OCH3 is 2. The highest BCUT2D eigenvalue weighted by molar-refractivity contribution is 9.10. The van der Waals surface area contributed by atoms with Crippen LogP contribution < -0.4 is 15.2 Å². The minimum Gasteiger partial charge on any atom is -0.495 e. The van der Waals surface area contributed by atoms with Gasteiger partial charge >= 0.3 is 0 Å². The zero-order valence-corrected chi connectivity index (χ0v) is 14.2. The summed E-state index contributed by atoms with van der Waals surface area (Å²) in [5, 5.41) is 10.4. The summed E-state index contributed by atoms with van der Waals surface area (Å²) in [6.07, 6.45) is -0.208. The molecule has 22 heavy (non-hydrogen) atoms. The Morgan fingerprint density at radius 3 is 2.14 bits per heavy atom. The third-order valence-corrected chi connectivity index (χ3v) is 4.34. The summed E-state index contributed by atoms with van der Waals surface area (Å²) >= 11 is 3.42. The van der Waals surface area contributed by atoms with E-state index >= 15 is 0 Å². The number of nitrogens with two attached hydrogens (primary N) is 1. The molecule has 0 aliphatic heterocycles. The van der Waals surface area contributed by atoms with Crippen LogP contribution in [0.5, 0.6) is 11.5 Å². The molecule has 5 heteroatoms. The van der Waals surface area contributed by atoms with Gasteiger partial charge in [0, 0.05) is 6.42 Å². The van der Waals surface area contributed by atoms with Crippen molar-refractivity contribution in [3.63, 3.8) is 0 Å². The Morgan fingerprint density at radius 1 is 1.09 bits per heavy atom. The Hall–Kier alpha value is -1.56. The molecule has 2 aromatic rings. The van der Waals surface area contributed by atoms with Crippen molar-refractivity contribution in [3.05, 3.63) is 58.1 Å². The summed E-state index contributed by atoms with van der Waals surface area (Å²) in [6.45, 7) is 0. The van der Waals surface area contributed by atoms with Gasteiger partial charge in [0.25, 0.3) is 0 Å². The minimum absolute atomic E-state index is 0.489. The molecule has 4 nitrogen and oxygen atoms in total. The fraction of sp³-hybridized carbons (Fsp3) is 0.294. The highest BCUT2D eigenvalue weighted by atomic mass is 79.9. The van der Waals surface area contributed by atoms with E-state index in [2.05, 4.69) is 15.9 Å². The standard InChI is InChI=1S/C17H20BrNO3/c1-21-14-9-12(10-15(22-2)16(14)18)17(19)13(20)8-11-6-4-3-5-7-11/h3-7,9-10,13,17,20H,8,19H2,1-2H3/t13-,17+/m0/s1. The molecule has 0 saturated carbocycles. The second-order valence-corrected chi connectivity index (χ2v) is 5.82. The topological polar surface area (TPSA) is 64.7 Å². The molecular weight excluding hydrogens is 346 g/mol. The molecule has 0 bridgehead atoms. The molecule has 0 aliphatic carbocycles. The second kappa shape index (κ2) is 7.63. The maximum atomic E-state index is 10.4. The Labute approximate surface area is 139 Å². The first kappa shape index (κ1) is 16.8. The molecule has 2 atom stereocenters. The van der Waals surface area contributed by atoms with Crippen molar-refractivity contribution in [3.8, 4) is 11.5 Å². The van der Waals surface area contributed by atoms with Gasteiger partial charge in [-0.2, -0.15) is 0 Å². The molecular formula is C17H20BrNO3. The highest BCUT2D eigenvalue weighted by Crippen LogP contribution is 2.37. The zero-order chi connectivity index (χ0) is 16.1. The van der Waals surface area contributed by atoms with E-state index in [0.29, 0.717) is 17.9 Å².